The van der Waals surface area contributed by atoms with Gasteiger partial charge in [0.1, 0.15) is 17.9 Å². The molecule has 0 saturated heterocycles. The first-order chi connectivity index (χ1) is 18.9. The van der Waals surface area contributed by atoms with Crippen molar-refractivity contribution in [3.05, 3.63) is 11.6 Å². The molecule has 0 spiro atoms. The molecule has 5 fully saturated rings. The van der Waals surface area contributed by atoms with Crippen LogP contribution in [0, 0.1) is 45.3 Å². The molecule has 9 heteroatoms. The van der Waals surface area contributed by atoms with E-state index in [1.54, 1.807) is 13.8 Å². The number of carbonyl (C=O) groups is 4. The minimum absolute atomic E-state index is 0.0197. The normalized spacial score (nSPS) is 51.4. The SMILES string of the molecule is C[C@@H]1C[C@H]2[C@@H]3C[C@H](F)C4=CC(=O)CC(=O)[C@]4(C)C3(F)CC[C@]2(C)[C@]1(OC(=O)O[C@H]1C[C@H]2CC[C@]1(C)C2(C)C)C(=O)O. The van der Waals surface area contributed by atoms with Crippen molar-refractivity contribution in [3.63, 3.8) is 0 Å². The summed E-state index contributed by atoms with van der Waals surface area (Å²) in [6, 6.07) is 0. The van der Waals surface area contributed by atoms with Gasteiger partial charge in [0, 0.05) is 22.7 Å². The summed E-state index contributed by atoms with van der Waals surface area (Å²) in [5, 5.41) is 10.7. The number of rotatable bonds is 3. The van der Waals surface area contributed by atoms with Gasteiger partial charge < -0.3 is 14.6 Å². The molecule has 0 amide bonds. The number of halogens is 2. The Morgan fingerprint density at radius 2 is 1.66 bits per heavy atom. The van der Waals surface area contributed by atoms with Gasteiger partial charge in [0.25, 0.3) is 0 Å². The lowest BCUT2D eigenvalue weighted by Crippen LogP contribution is -2.68. The van der Waals surface area contributed by atoms with E-state index >= 15 is 8.78 Å². The summed E-state index contributed by atoms with van der Waals surface area (Å²) in [6.45, 7) is 11.3. The summed E-state index contributed by atoms with van der Waals surface area (Å²) in [4.78, 5) is 51.9. The van der Waals surface area contributed by atoms with Gasteiger partial charge in [-0.1, -0.05) is 34.6 Å². The summed E-state index contributed by atoms with van der Waals surface area (Å²) in [5.41, 5.74) is -7.54. The molecule has 2 bridgehead atoms. The van der Waals surface area contributed by atoms with Crippen LogP contribution in [0.25, 0.3) is 0 Å². The number of fused-ring (bicyclic) bond motifs is 7. The predicted octanol–water partition coefficient (Wildman–Crippen LogP) is 6.17. The zero-order valence-electron chi connectivity index (χ0n) is 24.9. The number of carbonyl (C=O) groups excluding carboxylic acids is 3. The van der Waals surface area contributed by atoms with Gasteiger partial charge in [-0.15, -0.1) is 0 Å². The maximum absolute atomic E-state index is 17.4. The van der Waals surface area contributed by atoms with E-state index in [-0.39, 0.29) is 42.1 Å². The maximum atomic E-state index is 17.4. The molecule has 41 heavy (non-hydrogen) atoms. The molecule has 11 atom stereocenters. The topological polar surface area (TPSA) is 107 Å². The van der Waals surface area contributed by atoms with Crippen LogP contribution >= 0.6 is 0 Å². The maximum Gasteiger partial charge on any atom is 0.509 e. The highest BCUT2D eigenvalue weighted by Crippen LogP contribution is 2.72. The van der Waals surface area contributed by atoms with E-state index in [2.05, 4.69) is 20.8 Å². The molecule has 226 valence electrons. The van der Waals surface area contributed by atoms with Crippen molar-refractivity contribution < 1.29 is 42.5 Å². The number of allylic oxidation sites excluding steroid dienone is 1. The molecule has 0 aliphatic heterocycles. The molecule has 5 saturated carbocycles. The number of carboxylic acid groups (broad SMARTS) is 1. The Hall–Kier alpha value is -2.32. The highest BCUT2D eigenvalue weighted by molar-refractivity contribution is 6.12. The van der Waals surface area contributed by atoms with Crippen molar-refractivity contribution in [2.24, 2.45) is 45.3 Å². The zero-order valence-corrected chi connectivity index (χ0v) is 24.9. The van der Waals surface area contributed by atoms with Gasteiger partial charge in [-0.2, -0.15) is 0 Å². The standard InChI is InChI=1S/C32H42F2O7/c1-16-11-19-20-15-22(33)21-13-18(35)14-23(36)30(21,6)31(20,34)10-9-28(19,4)32(16,25(37)38)41-26(39)40-24-12-17-7-8-29(24,5)27(17,2)3/h13,16-17,19-20,22,24H,7-12,14-15H2,1-6H3,(H,37,38)/t16-,17-,19+,20+,22+,24+,28+,29+,30-,31?,32-/m1/s1. The van der Waals surface area contributed by atoms with Gasteiger partial charge in [0.05, 0.1) is 11.8 Å². The van der Waals surface area contributed by atoms with E-state index in [0.717, 1.165) is 18.9 Å². The van der Waals surface area contributed by atoms with E-state index in [4.69, 9.17) is 9.47 Å². The van der Waals surface area contributed by atoms with Crippen molar-refractivity contribution in [2.45, 2.75) is 116 Å². The van der Waals surface area contributed by atoms with Crippen LogP contribution in [0.3, 0.4) is 0 Å². The molecule has 6 aliphatic carbocycles. The number of alkyl halides is 2. The second-order valence-electron chi connectivity index (χ2n) is 15.2. The van der Waals surface area contributed by atoms with Crippen molar-refractivity contribution in [1.82, 2.24) is 0 Å². The Kier molecular flexibility index (Phi) is 5.90. The molecular weight excluding hydrogens is 534 g/mol. The fourth-order valence-electron chi connectivity index (χ4n) is 10.9. The number of ether oxygens (including phenoxy) is 2. The summed E-state index contributed by atoms with van der Waals surface area (Å²) in [5.74, 6) is -4.42. The second kappa shape index (κ2) is 8.40. The smallest absolute Gasteiger partial charge is 0.478 e. The van der Waals surface area contributed by atoms with Crippen LogP contribution in [-0.2, 0) is 23.9 Å². The lowest BCUT2D eigenvalue weighted by molar-refractivity contribution is -0.208. The minimum Gasteiger partial charge on any atom is -0.478 e. The van der Waals surface area contributed by atoms with Crippen molar-refractivity contribution >= 4 is 23.7 Å². The van der Waals surface area contributed by atoms with Gasteiger partial charge in [-0.25, -0.2) is 18.4 Å². The van der Waals surface area contributed by atoms with Crippen LogP contribution in [0.5, 0.6) is 0 Å². The third kappa shape index (κ3) is 3.19. The van der Waals surface area contributed by atoms with Crippen LogP contribution in [0.4, 0.5) is 13.6 Å². The Labute approximate surface area is 239 Å². The van der Waals surface area contributed by atoms with Gasteiger partial charge in [0.15, 0.2) is 11.6 Å². The molecule has 0 radical (unpaired) electrons. The Morgan fingerprint density at radius 1 is 0.976 bits per heavy atom. The largest absolute Gasteiger partial charge is 0.509 e. The number of Topliss-reactive ketones (excluding diaryl/α,β-unsaturated/α-hetero) is 1. The quantitative estimate of drug-likeness (QED) is 0.316. The average molecular weight is 577 g/mol. The van der Waals surface area contributed by atoms with Gasteiger partial charge >= 0.3 is 12.1 Å². The summed E-state index contributed by atoms with van der Waals surface area (Å²) in [6.07, 6.45) is -0.0874. The average Bonchev–Trinajstić information content (AvgIpc) is 3.32. The lowest BCUT2D eigenvalue weighted by atomic mass is 9.44. The Bertz CT molecular complexity index is 1280. The number of hydrogen-bond donors (Lipinski definition) is 1. The van der Waals surface area contributed by atoms with Crippen molar-refractivity contribution in [3.8, 4) is 0 Å². The number of ketones is 2. The number of hydrogen-bond acceptors (Lipinski definition) is 6. The van der Waals surface area contributed by atoms with Gasteiger partial charge in [-0.3, -0.25) is 9.59 Å². The highest BCUT2D eigenvalue weighted by Gasteiger charge is 2.78. The highest BCUT2D eigenvalue weighted by atomic mass is 19.1. The molecule has 0 heterocycles. The zero-order chi connectivity index (χ0) is 30.1. The van der Waals surface area contributed by atoms with E-state index in [0.29, 0.717) is 12.3 Å². The first-order valence-electron chi connectivity index (χ1n) is 15.1. The Morgan fingerprint density at radius 3 is 2.24 bits per heavy atom. The van der Waals surface area contributed by atoms with E-state index < -0.39 is 82.2 Å². The van der Waals surface area contributed by atoms with E-state index in [1.165, 1.54) is 6.92 Å². The summed E-state index contributed by atoms with van der Waals surface area (Å²) in [7, 11) is 0. The van der Waals surface area contributed by atoms with Crippen LogP contribution in [0.1, 0.15) is 92.9 Å². The third-order valence-electron chi connectivity index (χ3n) is 14.0. The van der Waals surface area contributed by atoms with Crippen LogP contribution in [0.15, 0.2) is 11.6 Å². The van der Waals surface area contributed by atoms with Gasteiger partial charge in [-0.05, 0) is 80.8 Å². The van der Waals surface area contributed by atoms with Crippen molar-refractivity contribution in [2.75, 3.05) is 0 Å². The number of aliphatic carboxylic acids is 1. The predicted molar refractivity (Wildman–Crippen MR) is 143 cm³/mol. The Balaban J connectivity index is 1.33. The second-order valence-corrected chi connectivity index (χ2v) is 15.2. The van der Waals surface area contributed by atoms with Crippen LogP contribution in [0.2, 0.25) is 0 Å². The summed E-state index contributed by atoms with van der Waals surface area (Å²) < 4.78 is 45.0. The third-order valence-corrected chi connectivity index (χ3v) is 14.0. The van der Waals surface area contributed by atoms with Crippen LogP contribution in [-0.4, -0.2) is 52.3 Å². The summed E-state index contributed by atoms with van der Waals surface area (Å²) >= 11 is 0. The number of carboxylic acids is 1. The molecule has 0 aromatic rings. The molecule has 6 rings (SSSR count). The molecule has 1 unspecified atom stereocenters. The molecule has 7 nitrogen and oxygen atoms in total. The van der Waals surface area contributed by atoms with Gasteiger partial charge in [0.2, 0.25) is 5.60 Å². The molecule has 0 aromatic carbocycles. The molecular formula is C32H42F2O7. The van der Waals surface area contributed by atoms with Crippen molar-refractivity contribution in [1.29, 1.82) is 0 Å². The molecule has 1 N–H and O–H groups in total. The molecule has 6 aliphatic rings. The van der Waals surface area contributed by atoms with Crippen LogP contribution < -0.4 is 0 Å². The first-order valence-corrected chi connectivity index (χ1v) is 15.1. The fourth-order valence-corrected chi connectivity index (χ4v) is 10.9. The van der Waals surface area contributed by atoms with E-state index in [9.17, 15) is 24.3 Å². The van der Waals surface area contributed by atoms with E-state index in [1.807, 2.05) is 0 Å². The lowest BCUT2D eigenvalue weighted by Gasteiger charge is -2.61. The first kappa shape index (κ1) is 28.8. The molecule has 0 aromatic heterocycles. The fraction of sp³-hybridized carbons (Fsp3) is 0.812. The monoisotopic (exact) mass is 576 g/mol. The minimum atomic E-state index is -2.15.